The molecule has 1 aromatic carbocycles. The first kappa shape index (κ1) is 21.0. The number of carbonyl (C=O) groups is 1. The number of anilines is 1. The normalized spacial score (nSPS) is 14.9. The molecule has 2 aromatic rings. The van der Waals surface area contributed by atoms with E-state index < -0.39 is 10.0 Å². The molecule has 0 saturated carbocycles. The van der Waals surface area contributed by atoms with Crippen LogP contribution in [-0.4, -0.2) is 56.9 Å². The van der Waals surface area contributed by atoms with Crippen LogP contribution in [0.4, 0.5) is 5.82 Å². The van der Waals surface area contributed by atoms with E-state index in [0.29, 0.717) is 31.2 Å². The van der Waals surface area contributed by atoms with Crippen LogP contribution in [0.2, 0.25) is 5.02 Å². The lowest BCUT2D eigenvalue weighted by molar-refractivity contribution is -0.131. The van der Waals surface area contributed by atoms with Gasteiger partial charge in [-0.1, -0.05) is 27.5 Å². The average molecular weight is 488 g/mol. The highest BCUT2D eigenvalue weighted by molar-refractivity contribution is 9.10. The number of rotatable bonds is 6. The van der Waals surface area contributed by atoms with Gasteiger partial charge in [0.25, 0.3) is 0 Å². The zero-order chi connectivity index (χ0) is 20.1. The summed E-state index contributed by atoms with van der Waals surface area (Å²) in [6, 6.07) is 10.00. The van der Waals surface area contributed by atoms with Gasteiger partial charge in [0.2, 0.25) is 15.9 Å². The SMILES string of the molecule is O=C(CCNS(=O)(=O)c1ccc(Br)cc1)N1CCN(c2ccc(Cl)cn2)CC1. The number of nitrogens with zero attached hydrogens (tertiary/aromatic N) is 3. The first-order chi connectivity index (χ1) is 13.3. The number of aromatic nitrogens is 1. The van der Waals surface area contributed by atoms with Gasteiger partial charge < -0.3 is 9.80 Å². The van der Waals surface area contributed by atoms with Gasteiger partial charge in [0, 0.05) is 49.8 Å². The maximum atomic E-state index is 12.4. The summed E-state index contributed by atoms with van der Waals surface area (Å²) >= 11 is 9.13. The van der Waals surface area contributed by atoms with Crippen LogP contribution in [0.5, 0.6) is 0 Å². The molecule has 3 rings (SSSR count). The van der Waals surface area contributed by atoms with Crippen LogP contribution in [0.25, 0.3) is 0 Å². The number of carbonyl (C=O) groups excluding carboxylic acids is 1. The number of halogens is 2. The fourth-order valence-electron chi connectivity index (χ4n) is 2.89. The van der Waals surface area contributed by atoms with Crippen LogP contribution in [0.1, 0.15) is 6.42 Å². The molecule has 1 aromatic heterocycles. The number of piperazine rings is 1. The molecule has 7 nitrogen and oxygen atoms in total. The highest BCUT2D eigenvalue weighted by atomic mass is 79.9. The predicted octanol–water partition coefficient (Wildman–Crippen LogP) is 2.51. The molecular formula is C18H20BrClN4O3S. The van der Waals surface area contributed by atoms with Crippen LogP contribution < -0.4 is 9.62 Å². The molecule has 0 atom stereocenters. The van der Waals surface area contributed by atoms with Crippen molar-refractivity contribution < 1.29 is 13.2 Å². The van der Waals surface area contributed by atoms with Gasteiger partial charge in [-0.05, 0) is 36.4 Å². The van der Waals surface area contributed by atoms with Crippen molar-refractivity contribution >= 4 is 49.3 Å². The number of nitrogens with one attached hydrogen (secondary N) is 1. The topological polar surface area (TPSA) is 82.6 Å². The zero-order valence-corrected chi connectivity index (χ0v) is 18.2. The Hall–Kier alpha value is -1.68. The third-order valence-electron chi connectivity index (χ3n) is 4.42. The Morgan fingerprint density at radius 2 is 1.79 bits per heavy atom. The summed E-state index contributed by atoms with van der Waals surface area (Å²) < 4.78 is 27.8. The number of sulfonamides is 1. The summed E-state index contributed by atoms with van der Waals surface area (Å²) in [5, 5.41) is 0.586. The van der Waals surface area contributed by atoms with E-state index in [2.05, 4.69) is 30.5 Å². The third kappa shape index (κ3) is 5.44. The van der Waals surface area contributed by atoms with Gasteiger partial charge in [0.1, 0.15) is 5.82 Å². The second-order valence-corrected chi connectivity index (χ2v) is 9.42. The van der Waals surface area contributed by atoms with E-state index in [9.17, 15) is 13.2 Å². The fourth-order valence-corrected chi connectivity index (χ4v) is 4.30. The van der Waals surface area contributed by atoms with Crippen LogP contribution in [-0.2, 0) is 14.8 Å². The van der Waals surface area contributed by atoms with Crippen molar-refractivity contribution in [2.24, 2.45) is 0 Å². The minimum atomic E-state index is -3.62. The molecule has 0 bridgehead atoms. The molecule has 1 aliphatic rings. The smallest absolute Gasteiger partial charge is 0.240 e. The standard InChI is InChI=1S/C18H20BrClN4O3S/c19-14-1-4-16(5-2-14)28(26,27)22-8-7-18(25)24-11-9-23(10-12-24)17-6-3-15(20)13-21-17/h1-6,13,22H,7-12H2. The lowest BCUT2D eigenvalue weighted by Gasteiger charge is -2.35. The monoisotopic (exact) mass is 486 g/mol. The molecule has 1 amide bonds. The minimum absolute atomic E-state index is 0.0657. The molecule has 10 heteroatoms. The number of amides is 1. The van der Waals surface area contributed by atoms with E-state index in [1.807, 2.05) is 6.07 Å². The Morgan fingerprint density at radius 1 is 1.11 bits per heavy atom. The van der Waals surface area contributed by atoms with E-state index in [0.717, 1.165) is 10.3 Å². The number of hydrogen-bond donors (Lipinski definition) is 1. The largest absolute Gasteiger partial charge is 0.353 e. The third-order valence-corrected chi connectivity index (χ3v) is 6.65. The minimum Gasteiger partial charge on any atom is -0.353 e. The van der Waals surface area contributed by atoms with Gasteiger partial charge in [-0.3, -0.25) is 4.79 Å². The van der Waals surface area contributed by atoms with E-state index in [-0.39, 0.29) is 23.8 Å². The van der Waals surface area contributed by atoms with Gasteiger partial charge in [-0.25, -0.2) is 18.1 Å². The summed E-state index contributed by atoms with van der Waals surface area (Å²) in [5.74, 6) is 0.765. The zero-order valence-electron chi connectivity index (χ0n) is 15.0. The molecule has 150 valence electrons. The Kier molecular flexibility index (Phi) is 6.92. The molecule has 1 saturated heterocycles. The predicted molar refractivity (Wildman–Crippen MR) is 112 cm³/mol. The molecule has 1 fully saturated rings. The molecule has 28 heavy (non-hydrogen) atoms. The van der Waals surface area contributed by atoms with Crippen LogP contribution >= 0.6 is 27.5 Å². The van der Waals surface area contributed by atoms with Crippen molar-refractivity contribution in [2.45, 2.75) is 11.3 Å². The van der Waals surface area contributed by atoms with E-state index in [4.69, 9.17) is 11.6 Å². The second-order valence-electron chi connectivity index (χ2n) is 6.30. The first-order valence-corrected chi connectivity index (χ1v) is 11.4. The molecule has 1 aliphatic heterocycles. The fraction of sp³-hybridized carbons (Fsp3) is 0.333. The van der Waals surface area contributed by atoms with E-state index >= 15 is 0 Å². The van der Waals surface area contributed by atoms with Gasteiger partial charge >= 0.3 is 0 Å². The number of benzene rings is 1. The average Bonchev–Trinajstić information content (AvgIpc) is 2.69. The Labute approximate surface area is 177 Å². The molecule has 0 unspecified atom stereocenters. The van der Waals surface area contributed by atoms with Crippen molar-refractivity contribution in [3.63, 3.8) is 0 Å². The quantitative estimate of drug-likeness (QED) is 0.677. The summed E-state index contributed by atoms with van der Waals surface area (Å²) in [4.78, 5) is 20.7. The van der Waals surface area contributed by atoms with Crippen LogP contribution in [0.15, 0.2) is 52.0 Å². The lowest BCUT2D eigenvalue weighted by atomic mass is 10.2. The molecule has 1 N–H and O–H groups in total. The second kappa shape index (κ2) is 9.21. The maximum Gasteiger partial charge on any atom is 0.240 e. The Bertz CT molecular complexity index is 915. The van der Waals surface area contributed by atoms with Gasteiger partial charge in [-0.2, -0.15) is 0 Å². The highest BCUT2D eigenvalue weighted by Gasteiger charge is 2.22. The summed E-state index contributed by atoms with van der Waals surface area (Å²) in [5.41, 5.74) is 0. The summed E-state index contributed by atoms with van der Waals surface area (Å²) in [6.45, 7) is 2.55. The van der Waals surface area contributed by atoms with Crippen molar-refractivity contribution in [1.29, 1.82) is 0 Å². The van der Waals surface area contributed by atoms with Gasteiger partial charge in [-0.15, -0.1) is 0 Å². The maximum absolute atomic E-state index is 12.4. The van der Waals surface area contributed by atoms with Crippen LogP contribution in [0.3, 0.4) is 0 Å². The van der Waals surface area contributed by atoms with Crippen molar-refractivity contribution in [2.75, 3.05) is 37.6 Å². The van der Waals surface area contributed by atoms with Crippen LogP contribution in [0, 0.1) is 0 Å². The lowest BCUT2D eigenvalue weighted by Crippen LogP contribution is -2.49. The molecular weight excluding hydrogens is 468 g/mol. The Balaban J connectivity index is 1.45. The van der Waals surface area contributed by atoms with Gasteiger partial charge in [0.15, 0.2) is 0 Å². The summed E-state index contributed by atoms with van der Waals surface area (Å²) in [6.07, 6.45) is 1.72. The van der Waals surface area contributed by atoms with E-state index in [1.165, 1.54) is 12.1 Å². The number of hydrogen-bond acceptors (Lipinski definition) is 5. The summed E-state index contributed by atoms with van der Waals surface area (Å²) in [7, 11) is -3.62. The van der Waals surface area contributed by atoms with Gasteiger partial charge in [0.05, 0.1) is 9.92 Å². The highest BCUT2D eigenvalue weighted by Crippen LogP contribution is 2.17. The molecule has 0 spiro atoms. The van der Waals surface area contributed by atoms with E-state index in [1.54, 1.807) is 29.3 Å². The molecule has 0 aliphatic carbocycles. The van der Waals surface area contributed by atoms with Crippen molar-refractivity contribution in [3.05, 3.63) is 52.1 Å². The molecule has 2 heterocycles. The van der Waals surface area contributed by atoms with Crippen molar-refractivity contribution in [1.82, 2.24) is 14.6 Å². The molecule has 0 radical (unpaired) electrons. The Morgan fingerprint density at radius 3 is 2.39 bits per heavy atom. The first-order valence-electron chi connectivity index (χ1n) is 8.75. The number of pyridine rings is 1. The van der Waals surface area contributed by atoms with Crippen molar-refractivity contribution in [3.8, 4) is 0 Å².